The molecule has 1 aromatic rings. The molecule has 2 fully saturated rings. The van der Waals surface area contributed by atoms with E-state index in [1.54, 1.807) is 9.47 Å². The molecule has 21 heavy (non-hydrogen) atoms. The summed E-state index contributed by atoms with van der Waals surface area (Å²) in [5.74, 6) is 0.260. The number of carbonyl (C=O) groups is 1. The van der Waals surface area contributed by atoms with Crippen LogP contribution >= 0.6 is 0 Å². The molecule has 1 amide bonds. The fourth-order valence-corrected chi connectivity index (χ4v) is 2.84. The van der Waals surface area contributed by atoms with Gasteiger partial charge in [0, 0.05) is 31.2 Å². The van der Waals surface area contributed by atoms with Gasteiger partial charge in [0.2, 0.25) is 0 Å². The van der Waals surface area contributed by atoms with Crippen LogP contribution in [-0.4, -0.2) is 39.4 Å². The maximum atomic E-state index is 12.7. The van der Waals surface area contributed by atoms with Crippen molar-refractivity contribution in [1.82, 2.24) is 9.47 Å². The van der Waals surface area contributed by atoms with Gasteiger partial charge < -0.3 is 15.2 Å². The predicted octanol–water partition coefficient (Wildman–Crippen LogP) is 1.54. The molecule has 1 saturated carbocycles. The Balaban J connectivity index is 1.85. The van der Waals surface area contributed by atoms with E-state index >= 15 is 0 Å². The fraction of sp³-hybridized carbons (Fsp3) is 0.643. The lowest BCUT2D eigenvalue weighted by Gasteiger charge is -2.35. The summed E-state index contributed by atoms with van der Waals surface area (Å²) in [6, 6.07) is 1.60. The number of nitrogens with two attached hydrogens (primary N) is 1. The Bertz CT molecular complexity index is 579. The number of hydrogen-bond donors (Lipinski definition) is 1. The van der Waals surface area contributed by atoms with E-state index in [-0.39, 0.29) is 23.7 Å². The summed E-state index contributed by atoms with van der Waals surface area (Å²) in [5.41, 5.74) is 6.45. The molecular weight excluding hydrogens is 272 g/mol. The Labute approximate surface area is 122 Å². The topological polar surface area (TPSA) is 94.4 Å². The first-order chi connectivity index (χ1) is 9.97. The molecule has 7 nitrogen and oxygen atoms in total. The van der Waals surface area contributed by atoms with Crippen molar-refractivity contribution in [2.75, 3.05) is 13.1 Å². The number of nitro groups is 1. The van der Waals surface area contributed by atoms with Gasteiger partial charge in [0.25, 0.3) is 11.6 Å². The van der Waals surface area contributed by atoms with E-state index < -0.39 is 4.92 Å². The van der Waals surface area contributed by atoms with E-state index in [2.05, 4.69) is 6.92 Å². The van der Waals surface area contributed by atoms with Gasteiger partial charge in [0.15, 0.2) is 0 Å². The number of piperidine rings is 1. The van der Waals surface area contributed by atoms with Crippen LogP contribution in [0.5, 0.6) is 0 Å². The molecule has 1 aliphatic carbocycles. The summed E-state index contributed by atoms with van der Waals surface area (Å²) in [4.78, 5) is 24.9. The third-order valence-corrected chi connectivity index (χ3v) is 4.51. The van der Waals surface area contributed by atoms with Crippen LogP contribution in [0.4, 0.5) is 5.69 Å². The summed E-state index contributed by atoms with van der Waals surface area (Å²) >= 11 is 0. The van der Waals surface area contributed by atoms with Gasteiger partial charge in [-0.15, -0.1) is 0 Å². The second-order valence-corrected chi connectivity index (χ2v) is 6.16. The van der Waals surface area contributed by atoms with Crippen LogP contribution in [0.25, 0.3) is 0 Å². The van der Waals surface area contributed by atoms with Gasteiger partial charge in [-0.25, -0.2) is 0 Å². The van der Waals surface area contributed by atoms with Gasteiger partial charge in [0.1, 0.15) is 5.69 Å². The molecule has 2 atom stereocenters. The third kappa shape index (κ3) is 2.65. The molecule has 1 saturated heterocycles. The number of likely N-dealkylation sites (tertiary alicyclic amines) is 1. The van der Waals surface area contributed by atoms with Crippen LogP contribution in [0.2, 0.25) is 0 Å². The smallest absolute Gasteiger partial charge is 0.287 e. The summed E-state index contributed by atoms with van der Waals surface area (Å²) in [6.07, 6.45) is 4.31. The largest absolute Gasteiger partial charge is 0.336 e. The first kappa shape index (κ1) is 14.1. The van der Waals surface area contributed by atoms with Crippen molar-refractivity contribution in [1.29, 1.82) is 0 Å². The maximum absolute atomic E-state index is 12.7. The van der Waals surface area contributed by atoms with E-state index in [0.29, 0.717) is 24.7 Å². The molecule has 2 N–H and O–H groups in total. The minimum atomic E-state index is -0.445. The lowest BCUT2D eigenvalue weighted by atomic mass is 9.94. The minimum Gasteiger partial charge on any atom is -0.336 e. The number of amides is 1. The average Bonchev–Trinajstić information content (AvgIpc) is 3.19. The first-order valence-electron chi connectivity index (χ1n) is 7.38. The molecule has 2 heterocycles. The predicted molar refractivity (Wildman–Crippen MR) is 77.0 cm³/mol. The SMILES string of the molecule is CC1CCN(C(=O)c2cc([N+](=O)[O-])cn2C2CC2)CC1N. The lowest BCUT2D eigenvalue weighted by Crippen LogP contribution is -2.50. The Morgan fingerprint density at radius 3 is 2.71 bits per heavy atom. The lowest BCUT2D eigenvalue weighted by molar-refractivity contribution is -0.384. The minimum absolute atomic E-state index is 0.0140. The van der Waals surface area contributed by atoms with Crippen LogP contribution in [0.1, 0.15) is 42.7 Å². The van der Waals surface area contributed by atoms with E-state index in [1.165, 1.54) is 12.3 Å². The monoisotopic (exact) mass is 292 g/mol. The van der Waals surface area contributed by atoms with Gasteiger partial charge in [-0.2, -0.15) is 0 Å². The quantitative estimate of drug-likeness (QED) is 0.675. The summed E-state index contributed by atoms with van der Waals surface area (Å²) in [5, 5.41) is 11.0. The zero-order chi connectivity index (χ0) is 15.1. The van der Waals surface area contributed by atoms with E-state index in [1.807, 2.05) is 0 Å². The van der Waals surface area contributed by atoms with E-state index in [0.717, 1.165) is 19.3 Å². The molecule has 3 rings (SSSR count). The van der Waals surface area contributed by atoms with Crippen molar-refractivity contribution in [3.8, 4) is 0 Å². The van der Waals surface area contributed by atoms with Crippen LogP contribution < -0.4 is 5.73 Å². The molecule has 0 radical (unpaired) electrons. The Kier molecular flexibility index (Phi) is 3.44. The molecule has 7 heteroatoms. The Hall–Kier alpha value is -1.89. The number of hydrogen-bond acceptors (Lipinski definition) is 4. The van der Waals surface area contributed by atoms with Crippen LogP contribution in [0.15, 0.2) is 12.3 Å². The van der Waals surface area contributed by atoms with Gasteiger partial charge in [0.05, 0.1) is 11.1 Å². The van der Waals surface area contributed by atoms with Crippen molar-refractivity contribution < 1.29 is 9.72 Å². The van der Waals surface area contributed by atoms with Gasteiger partial charge in [-0.05, 0) is 25.2 Å². The van der Waals surface area contributed by atoms with E-state index in [4.69, 9.17) is 5.73 Å². The van der Waals surface area contributed by atoms with Gasteiger partial charge in [-0.3, -0.25) is 14.9 Å². The highest BCUT2D eigenvalue weighted by Gasteiger charge is 2.34. The third-order valence-electron chi connectivity index (χ3n) is 4.51. The van der Waals surface area contributed by atoms with Crippen molar-refractivity contribution in [3.05, 3.63) is 28.1 Å². The number of aromatic nitrogens is 1. The highest BCUT2D eigenvalue weighted by Crippen LogP contribution is 2.38. The van der Waals surface area contributed by atoms with Crippen LogP contribution in [-0.2, 0) is 0 Å². The first-order valence-corrected chi connectivity index (χ1v) is 7.38. The fourth-order valence-electron chi connectivity index (χ4n) is 2.84. The second-order valence-electron chi connectivity index (χ2n) is 6.16. The maximum Gasteiger partial charge on any atom is 0.287 e. The average molecular weight is 292 g/mol. The Morgan fingerprint density at radius 2 is 2.14 bits per heavy atom. The molecule has 0 spiro atoms. The van der Waals surface area contributed by atoms with Gasteiger partial charge >= 0.3 is 0 Å². The van der Waals surface area contributed by atoms with Crippen molar-refractivity contribution >= 4 is 11.6 Å². The molecule has 1 aliphatic heterocycles. The number of carbonyl (C=O) groups excluding carboxylic acids is 1. The summed E-state index contributed by atoms with van der Waals surface area (Å²) < 4.78 is 1.77. The molecule has 0 aromatic carbocycles. The zero-order valence-corrected chi connectivity index (χ0v) is 12.1. The number of nitrogens with zero attached hydrogens (tertiary/aromatic N) is 3. The molecule has 114 valence electrons. The summed E-state index contributed by atoms with van der Waals surface area (Å²) in [7, 11) is 0. The zero-order valence-electron chi connectivity index (χ0n) is 12.1. The normalized spacial score (nSPS) is 25.9. The highest BCUT2D eigenvalue weighted by atomic mass is 16.6. The summed E-state index contributed by atoms with van der Waals surface area (Å²) in [6.45, 7) is 3.27. The molecule has 2 aliphatic rings. The van der Waals surface area contributed by atoms with E-state index in [9.17, 15) is 14.9 Å². The van der Waals surface area contributed by atoms with Crippen LogP contribution in [0.3, 0.4) is 0 Å². The van der Waals surface area contributed by atoms with Crippen LogP contribution in [0, 0.1) is 16.0 Å². The number of rotatable bonds is 3. The highest BCUT2D eigenvalue weighted by molar-refractivity contribution is 5.93. The van der Waals surface area contributed by atoms with Crippen molar-refractivity contribution in [3.63, 3.8) is 0 Å². The van der Waals surface area contributed by atoms with Crippen molar-refractivity contribution in [2.24, 2.45) is 11.7 Å². The van der Waals surface area contributed by atoms with Gasteiger partial charge in [-0.1, -0.05) is 6.92 Å². The molecular formula is C14H20N4O3. The second kappa shape index (κ2) is 5.14. The standard InChI is InChI=1S/C14H20N4O3/c1-9-4-5-16(8-12(9)15)14(19)13-6-11(18(20)21)7-17(13)10-2-3-10/h6-7,9-10,12H,2-5,8,15H2,1H3. The van der Waals surface area contributed by atoms with Crippen molar-refractivity contribution in [2.45, 2.75) is 38.3 Å². The Morgan fingerprint density at radius 1 is 1.43 bits per heavy atom. The molecule has 2 unspecified atom stereocenters. The molecule has 0 bridgehead atoms. The molecule has 1 aromatic heterocycles.